The van der Waals surface area contributed by atoms with Gasteiger partial charge in [0, 0.05) is 19.2 Å². The number of hydrogen-bond acceptors (Lipinski definition) is 4. The Morgan fingerprint density at radius 2 is 2.24 bits per heavy atom. The number of fused-ring (bicyclic) bond motifs is 2. The molecule has 17 heavy (non-hydrogen) atoms. The van der Waals surface area contributed by atoms with Crippen LogP contribution in [0.15, 0.2) is 6.07 Å². The predicted octanol–water partition coefficient (Wildman–Crippen LogP) is 0.938. The number of rotatable bonds is 1. The minimum atomic E-state index is 0.110. The lowest BCUT2D eigenvalue weighted by atomic mass is 9.97. The van der Waals surface area contributed by atoms with E-state index in [0.29, 0.717) is 30.2 Å². The highest BCUT2D eigenvalue weighted by Crippen LogP contribution is 2.46. The van der Waals surface area contributed by atoms with E-state index < -0.39 is 0 Å². The Balaban J connectivity index is 2.17. The third-order valence-corrected chi connectivity index (χ3v) is 3.18. The van der Waals surface area contributed by atoms with Gasteiger partial charge in [-0.1, -0.05) is 0 Å². The summed E-state index contributed by atoms with van der Waals surface area (Å²) in [5, 5.41) is 0. The molecular weight excluding hydrogens is 222 g/mol. The van der Waals surface area contributed by atoms with Crippen LogP contribution >= 0.6 is 0 Å². The van der Waals surface area contributed by atoms with Crippen molar-refractivity contribution in [3.05, 3.63) is 17.2 Å². The molecule has 0 atom stereocenters. The summed E-state index contributed by atoms with van der Waals surface area (Å²) < 4.78 is 16.1. The Hall–Kier alpha value is -1.91. The number of hydrogen-bond donors (Lipinski definition) is 0. The zero-order valence-corrected chi connectivity index (χ0v) is 9.78. The molecule has 1 aromatic carbocycles. The van der Waals surface area contributed by atoms with Crippen molar-refractivity contribution < 1.29 is 19.0 Å². The molecule has 1 aromatic rings. The number of carbonyl (C=O) groups excluding carboxylic acids is 1. The molecule has 2 heterocycles. The van der Waals surface area contributed by atoms with Crippen molar-refractivity contribution in [2.24, 2.45) is 0 Å². The topological polar surface area (TPSA) is 48.0 Å². The van der Waals surface area contributed by atoms with E-state index in [1.807, 2.05) is 6.07 Å². The minimum Gasteiger partial charge on any atom is -0.492 e. The lowest BCUT2D eigenvalue weighted by molar-refractivity contribution is -0.130. The molecule has 0 aromatic heterocycles. The second-order valence-corrected chi connectivity index (χ2v) is 4.21. The molecule has 5 nitrogen and oxygen atoms in total. The standard InChI is InChI=1S/C12H13NO4/c1-13-5-8-7(4-10(13)14)3-9-12(11(8)15-2)17-6-16-9/h3H,4-6H2,1-2H3. The molecule has 0 fully saturated rings. The predicted molar refractivity (Wildman–Crippen MR) is 59.3 cm³/mol. The van der Waals surface area contributed by atoms with Crippen molar-refractivity contribution in [3.8, 4) is 17.2 Å². The van der Waals surface area contributed by atoms with Crippen molar-refractivity contribution in [1.82, 2.24) is 4.90 Å². The quantitative estimate of drug-likeness (QED) is 0.726. The monoisotopic (exact) mass is 235 g/mol. The van der Waals surface area contributed by atoms with E-state index in [9.17, 15) is 4.79 Å². The molecule has 3 rings (SSSR count). The van der Waals surface area contributed by atoms with Gasteiger partial charge >= 0.3 is 0 Å². The van der Waals surface area contributed by atoms with Crippen molar-refractivity contribution in [1.29, 1.82) is 0 Å². The van der Waals surface area contributed by atoms with E-state index in [2.05, 4.69) is 0 Å². The summed E-state index contributed by atoms with van der Waals surface area (Å²) in [5.41, 5.74) is 1.98. The van der Waals surface area contributed by atoms with Gasteiger partial charge in [-0.25, -0.2) is 0 Å². The van der Waals surface area contributed by atoms with Gasteiger partial charge in [-0.2, -0.15) is 0 Å². The lowest BCUT2D eigenvalue weighted by Gasteiger charge is -2.26. The Bertz CT molecular complexity index is 498. The van der Waals surface area contributed by atoms with Crippen molar-refractivity contribution >= 4 is 5.91 Å². The maximum Gasteiger partial charge on any atom is 0.231 e. The summed E-state index contributed by atoms with van der Waals surface area (Å²) in [5.74, 6) is 2.11. The third-order valence-electron chi connectivity index (χ3n) is 3.18. The van der Waals surface area contributed by atoms with Crippen LogP contribution in [0.2, 0.25) is 0 Å². The molecule has 0 unspecified atom stereocenters. The summed E-state index contributed by atoms with van der Waals surface area (Å²) in [6.45, 7) is 0.756. The fraction of sp³-hybridized carbons (Fsp3) is 0.417. The molecule has 0 aliphatic carbocycles. The van der Waals surface area contributed by atoms with Crippen LogP contribution in [0, 0.1) is 0 Å². The minimum absolute atomic E-state index is 0.110. The molecule has 0 radical (unpaired) electrons. The molecule has 0 saturated heterocycles. The Kier molecular flexibility index (Phi) is 2.14. The van der Waals surface area contributed by atoms with Crippen molar-refractivity contribution in [2.45, 2.75) is 13.0 Å². The van der Waals surface area contributed by atoms with Gasteiger partial charge in [0.1, 0.15) is 0 Å². The van der Waals surface area contributed by atoms with Gasteiger partial charge in [0.2, 0.25) is 18.4 Å². The van der Waals surface area contributed by atoms with Gasteiger partial charge < -0.3 is 19.1 Å². The molecule has 1 amide bonds. The summed E-state index contributed by atoms with van der Waals surface area (Å²) in [4.78, 5) is 13.4. The summed E-state index contributed by atoms with van der Waals surface area (Å²) in [6.07, 6.45) is 0.388. The summed E-state index contributed by atoms with van der Waals surface area (Å²) in [6, 6.07) is 1.88. The SMILES string of the molecule is COc1c2c(cc3c1OCO3)CC(=O)N(C)C2. The molecule has 2 aliphatic heterocycles. The van der Waals surface area contributed by atoms with Crippen molar-refractivity contribution in [2.75, 3.05) is 21.0 Å². The fourth-order valence-corrected chi connectivity index (χ4v) is 2.27. The number of likely N-dealkylation sites (N-methyl/N-ethyl adjacent to an activating group) is 1. The average Bonchev–Trinajstić information content (AvgIpc) is 2.75. The molecule has 0 bridgehead atoms. The highest BCUT2D eigenvalue weighted by molar-refractivity contribution is 5.82. The van der Waals surface area contributed by atoms with Gasteiger partial charge in [-0.05, 0) is 11.6 Å². The molecule has 0 saturated carbocycles. The van der Waals surface area contributed by atoms with Crippen LogP contribution in [0.4, 0.5) is 0 Å². The number of carbonyl (C=O) groups is 1. The van der Waals surface area contributed by atoms with Crippen LogP contribution in [0.5, 0.6) is 17.2 Å². The van der Waals surface area contributed by atoms with Crippen LogP contribution in [0.25, 0.3) is 0 Å². The molecule has 5 heteroatoms. The molecule has 0 N–H and O–H groups in total. The number of amides is 1. The normalized spacial score (nSPS) is 17.1. The van der Waals surface area contributed by atoms with Gasteiger partial charge in [0.05, 0.1) is 13.5 Å². The number of nitrogens with zero attached hydrogens (tertiary/aromatic N) is 1. The number of ether oxygens (including phenoxy) is 3. The van der Waals surface area contributed by atoms with E-state index in [1.54, 1.807) is 19.1 Å². The van der Waals surface area contributed by atoms with Crippen LogP contribution in [0.3, 0.4) is 0 Å². The Morgan fingerprint density at radius 1 is 1.41 bits per heavy atom. The summed E-state index contributed by atoms with van der Waals surface area (Å²) >= 11 is 0. The van der Waals surface area contributed by atoms with E-state index in [0.717, 1.165) is 11.1 Å². The Morgan fingerprint density at radius 3 is 3.00 bits per heavy atom. The second kappa shape index (κ2) is 3.55. The van der Waals surface area contributed by atoms with Crippen LogP contribution < -0.4 is 14.2 Å². The largest absolute Gasteiger partial charge is 0.492 e. The molecule has 0 spiro atoms. The van der Waals surface area contributed by atoms with E-state index in [4.69, 9.17) is 14.2 Å². The van der Waals surface area contributed by atoms with E-state index >= 15 is 0 Å². The smallest absolute Gasteiger partial charge is 0.231 e. The highest BCUT2D eigenvalue weighted by Gasteiger charge is 2.30. The van der Waals surface area contributed by atoms with E-state index in [-0.39, 0.29) is 12.7 Å². The zero-order chi connectivity index (χ0) is 12.0. The first-order chi connectivity index (χ1) is 8.20. The second-order valence-electron chi connectivity index (χ2n) is 4.21. The van der Waals surface area contributed by atoms with Crippen LogP contribution in [-0.2, 0) is 17.8 Å². The van der Waals surface area contributed by atoms with Crippen LogP contribution in [0.1, 0.15) is 11.1 Å². The third kappa shape index (κ3) is 1.42. The fourth-order valence-electron chi connectivity index (χ4n) is 2.27. The van der Waals surface area contributed by atoms with Gasteiger partial charge in [-0.15, -0.1) is 0 Å². The molecule has 90 valence electrons. The summed E-state index contributed by atoms with van der Waals surface area (Å²) in [7, 11) is 3.39. The van der Waals surface area contributed by atoms with Gasteiger partial charge in [0.15, 0.2) is 11.5 Å². The highest BCUT2D eigenvalue weighted by atomic mass is 16.7. The van der Waals surface area contributed by atoms with Crippen molar-refractivity contribution in [3.63, 3.8) is 0 Å². The van der Waals surface area contributed by atoms with Crippen LogP contribution in [-0.4, -0.2) is 31.8 Å². The zero-order valence-electron chi connectivity index (χ0n) is 9.78. The number of methoxy groups -OCH3 is 1. The maximum absolute atomic E-state index is 11.7. The first-order valence-electron chi connectivity index (χ1n) is 5.43. The van der Waals surface area contributed by atoms with E-state index in [1.165, 1.54) is 0 Å². The number of benzene rings is 1. The lowest BCUT2D eigenvalue weighted by Crippen LogP contribution is -2.32. The maximum atomic E-state index is 11.7. The Labute approximate surface area is 98.9 Å². The first kappa shape index (κ1) is 10.3. The average molecular weight is 235 g/mol. The first-order valence-corrected chi connectivity index (χ1v) is 5.43. The molecule has 2 aliphatic rings. The molecular formula is C12H13NO4. The van der Waals surface area contributed by atoms with Gasteiger partial charge in [0.25, 0.3) is 0 Å². The van der Waals surface area contributed by atoms with Gasteiger partial charge in [-0.3, -0.25) is 4.79 Å².